The molecule has 4 nitrogen and oxygen atoms in total. The third-order valence-electron chi connectivity index (χ3n) is 3.44. The second-order valence-corrected chi connectivity index (χ2v) is 6.19. The third kappa shape index (κ3) is 4.11. The summed E-state index contributed by atoms with van der Waals surface area (Å²) in [5.74, 6) is 1.28. The second kappa shape index (κ2) is 7.29. The molecule has 2 N–H and O–H groups in total. The zero-order valence-corrected chi connectivity index (χ0v) is 13.5. The molecule has 0 bridgehead atoms. The molecule has 1 heterocycles. The number of hydrogen-bond acceptors (Lipinski definition) is 3. The summed E-state index contributed by atoms with van der Waals surface area (Å²) in [6, 6.07) is 5.32. The van der Waals surface area contributed by atoms with Gasteiger partial charge in [-0.3, -0.25) is 4.79 Å². The molecule has 0 aromatic heterocycles. The van der Waals surface area contributed by atoms with Crippen LogP contribution in [0.2, 0.25) is 5.02 Å². The first kappa shape index (κ1) is 15.6. The van der Waals surface area contributed by atoms with E-state index in [-0.39, 0.29) is 5.91 Å². The summed E-state index contributed by atoms with van der Waals surface area (Å²) in [5.41, 5.74) is 5.62. The minimum Gasteiger partial charge on any atom is -0.492 e. The fourth-order valence-corrected chi connectivity index (χ4v) is 3.05. The van der Waals surface area contributed by atoms with Gasteiger partial charge in [-0.05, 0) is 53.0 Å². The van der Waals surface area contributed by atoms with Crippen LogP contribution in [-0.2, 0) is 4.79 Å². The molecule has 1 atom stereocenters. The molecule has 1 aliphatic heterocycles. The van der Waals surface area contributed by atoms with Crippen LogP contribution in [0.15, 0.2) is 22.7 Å². The van der Waals surface area contributed by atoms with Gasteiger partial charge < -0.3 is 15.4 Å². The Bertz CT molecular complexity index is 484. The molecule has 2 rings (SSSR count). The first-order valence-electron chi connectivity index (χ1n) is 6.66. The molecule has 20 heavy (non-hydrogen) atoms. The van der Waals surface area contributed by atoms with Crippen molar-refractivity contribution in [3.8, 4) is 5.75 Å². The molecule has 110 valence electrons. The number of amides is 1. The van der Waals surface area contributed by atoms with Gasteiger partial charge in [0.1, 0.15) is 5.75 Å². The Morgan fingerprint density at radius 3 is 3.00 bits per heavy atom. The van der Waals surface area contributed by atoms with Gasteiger partial charge in [-0.1, -0.05) is 11.6 Å². The van der Waals surface area contributed by atoms with E-state index in [0.717, 1.165) is 24.0 Å². The Morgan fingerprint density at radius 1 is 1.55 bits per heavy atom. The Labute approximate surface area is 132 Å². The molecule has 1 aromatic rings. The molecule has 1 saturated heterocycles. The summed E-state index contributed by atoms with van der Waals surface area (Å²) < 4.78 is 6.39. The van der Waals surface area contributed by atoms with Gasteiger partial charge in [-0.2, -0.15) is 0 Å². The molecule has 0 saturated carbocycles. The number of likely N-dealkylation sites (tertiary alicyclic amines) is 1. The van der Waals surface area contributed by atoms with E-state index in [9.17, 15) is 4.79 Å². The number of carbonyl (C=O) groups is 1. The maximum atomic E-state index is 12.0. The number of hydrogen-bond donors (Lipinski definition) is 1. The van der Waals surface area contributed by atoms with Crippen LogP contribution >= 0.6 is 27.5 Å². The first-order valence-corrected chi connectivity index (χ1v) is 7.83. The van der Waals surface area contributed by atoms with Crippen LogP contribution in [0.3, 0.4) is 0 Å². The normalized spacial score (nSPS) is 18.4. The molecule has 6 heteroatoms. The summed E-state index contributed by atoms with van der Waals surface area (Å²) in [5, 5.41) is 0.644. The summed E-state index contributed by atoms with van der Waals surface area (Å²) in [7, 11) is 0. The van der Waals surface area contributed by atoms with Gasteiger partial charge in [0.05, 0.1) is 17.5 Å². The van der Waals surface area contributed by atoms with Gasteiger partial charge in [-0.25, -0.2) is 0 Å². The summed E-state index contributed by atoms with van der Waals surface area (Å²) >= 11 is 9.24. The maximum absolute atomic E-state index is 12.0. The average molecular weight is 362 g/mol. The monoisotopic (exact) mass is 360 g/mol. The minimum absolute atomic E-state index is 0.131. The Balaban J connectivity index is 1.77. The van der Waals surface area contributed by atoms with Crippen molar-refractivity contribution >= 4 is 33.4 Å². The van der Waals surface area contributed by atoms with Crippen LogP contribution in [0.25, 0.3) is 0 Å². The van der Waals surface area contributed by atoms with E-state index in [2.05, 4.69) is 15.9 Å². The van der Waals surface area contributed by atoms with Gasteiger partial charge in [0.25, 0.3) is 0 Å². The number of ether oxygens (including phenoxy) is 1. The highest BCUT2D eigenvalue weighted by molar-refractivity contribution is 9.10. The lowest BCUT2D eigenvalue weighted by atomic mass is 10.1. The van der Waals surface area contributed by atoms with Gasteiger partial charge in [0.2, 0.25) is 5.91 Å². The fourth-order valence-electron chi connectivity index (χ4n) is 2.25. The van der Waals surface area contributed by atoms with Gasteiger partial charge in [0.15, 0.2) is 0 Å². The largest absolute Gasteiger partial charge is 0.492 e. The van der Waals surface area contributed by atoms with Crippen molar-refractivity contribution in [3.63, 3.8) is 0 Å². The quantitative estimate of drug-likeness (QED) is 0.877. The highest BCUT2D eigenvalue weighted by atomic mass is 79.9. The van der Waals surface area contributed by atoms with E-state index in [0.29, 0.717) is 36.3 Å². The van der Waals surface area contributed by atoms with Crippen LogP contribution < -0.4 is 10.5 Å². The molecule has 1 aromatic carbocycles. The maximum Gasteiger partial charge on any atom is 0.226 e. The second-order valence-electron chi connectivity index (χ2n) is 4.90. The SMILES string of the molecule is NCC1CCN(C(=O)CCOc2ccc(Cl)cc2Br)C1. The highest BCUT2D eigenvalue weighted by Crippen LogP contribution is 2.28. The molecule has 0 aliphatic carbocycles. The Kier molecular flexibility index (Phi) is 5.69. The minimum atomic E-state index is 0.131. The standard InChI is InChI=1S/C14H18BrClN2O2/c15-12-7-11(16)1-2-13(12)20-6-4-14(19)18-5-3-10(8-17)9-18/h1-2,7,10H,3-6,8-9,17H2. The Hall–Kier alpha value is -0.780. The molecule has 0 radical (unpaired) electrons. The average Bonchev–Trinajstić information content (AvgIpc) is 2.90. The van der Waals surface area contributed by atoms with Crippen molar-refractivity contribution < 1.29 is 9.53 Å². The topological polar surface area (TPSA) is 55.6 Å². The number of halogens is 2. The predicted molar refractivity (Wildman–Crippen MR) is 83.0 cm³/mol. The van der Waals surface area contributed by atoms with Gasteiger partial charge in [-0.15, -0.1) is 0 Å². The first-order chi connectivity index (χ1) is 9.60. The lowest BCUT2D eigenvalue weighted by molar-refractivity contribution is -0.130. The molecule has 0 spiro atoms. The van der Waals surface area contributed by atoms with E-state index in [1.807, 2.05) is 4.90 Å². The van der Waals surface area contributed by atoms with Crippen molar-refractivity contribution in [2.45, 2.75) is 12.8 Å². The third-order valence-corrected chi connectivity index (χ3v) is 4.29. The highest BCUT2D eigenvalue weighted by Gasteiger charge is 2.24. The summed E-state index contributed by atoms with van der Waals surface area (Å²) in [6.07, 6.45) is 1.39. The smallest absolute Gasteiger partial charge is 0.226 e. The number of benzene rings is 1. The molecule has 1 fully saturated rings. The summed E-state index contributed by atoms with van der Waals surface area (Å²) in [6.45, 7) is 2.60. The van der Waals surface area contributed by atoms with E-state index < -0.39 is 0 Å². The van der Waals surface area contributed by atoms with Crippen molar-refractivity contribution in [2.75, 3.05) is 26.2 Å². The van der Waals surface area contributed by atoms with E-state index in [1.54, 1.807) is 18.2 Å². The van der Waals surface area contributed by atoms with E-state index in [1.165, 1.54) is 0 Å². The Morgan fingerprint density at radius 2 is 2.35 bits per heavy atom. The van der Waals surface area contributed by atoms with Crippen LogP contribution in [0.4, 0.5) is 0 Å². The zero-order valence-electron chi connectivity index (χ0n) is 11.1. The lowest BCUT2D eigenvalue weighted by Gasteiger charge is -2.16. The summed E-state index contributed by atoms with van der Waals surface area (Å²) in [4.78, 5) is 13.9. The number of carbonyl (C=O) groups excluding carboxylic acids is 1. The van der Waals surface area contributed by atoms with Crippen molar-refractivity contribution in [1.29, 1.82) is 0 Å². The molecule has 1 amide bonds. The van der Waals surface area contributed by atoms with Gasteiger partial charge in [0, 0.05) is 18.1 Å². The van der Waals surface area contributed by atoms with Crippen LogP contribution in [0, 0.1) is 5.92 Å². The van der Waals surface area contributed by atoms with Crippen LogP contribution in [0.5, 0.6) is 5.75 Å². The van der Waals surface area contributed by atoms with E-state index >= 15 is 0 Å². The lowest BCUT2D eigenvalue weighted by Crippen LogP contribution is -2.30. The van der Waals surface area contributed by atoms with Crippen LogP contribution in [-0.4, -0.2) is 37.0 Å². The predicted octanol–water partition coefficient (Wildman–Crippen LogP) is 2.68. The molecular formula is C14H18BrClN2O2. The zero-order chi connectivity index (χ0) is 14.5. The van der Waals surface area contributed by atoms with Crippen molar-refractivity contribution in [2.24, 2.45) is 11.7 Å². The number of nitrogens with two attached hydrogens (primary N) is 1. The molecular weight excluding hydrogens is 344 g/mol. The van der Waals surface area contributed by atoms with Gasteiger partial charge >= 0.3 is 0 Å². The molecule has 1 unspecified atom stereocenters. The van der Waals surface area contributed by atoms with Crippen LogP contribution in [0.1, 0.15) is 12.8 Å². The fraction of sp³-hybridized carbons (Fsp3) is 0.500. The molecule has 1 aliphatic rings. The van der Waals surface area contributed by atoms with Crippen molar-refractivity contribution in [1.82, 2.24) is 4.90 Å². The number of rotatable bonds is 5. The van der Waals surface area contributed by atoms with Crippen molar-refractivity contribution in [3.05, 3.63) is 27.7 Å². The number of nitrogens with zero attached hydrogens (tertiary/aromatic N) is 1. The van der Waals surface area contributed by atoms with E-state index in [4.69, 9.17) is 22.1 Å².